The summed E-state index contributed by atoms with van der Waals surface area (Å²) < 4.78 is 1.53. The first-order valence-electron chi connectivity index (χ1n) is 6.83. The third-order valence-corrected chi connectivity index (χ3v) is 3.17. The second-order valence-electron chi connectivity index (χ2n) is 4.67. The summed E-state index contributed by atoms with van der Waals surface area (Å²) >= 11 is 0. The highest BCUT2D eigenvalue weighted by Crippen LogP contribution is 2.07. The van der Waals surface area contributed by atoms with Crippen molar-refractivity contribution in [1.29, 1.82) is 0 Å². The van der Waals surface area contributed by atoms with Crippen LogP contribution in [-0.2, 0) is 6.42 Å². The Morgan fingerprint density at radius 3 is 2.73 bits per heavy atom. The number of benzene rings is 1. The van der Waals surface area contributed by atoms with Crippen molar-refractivity contribution in [2.24, 2.45) is 0 Å². The van der Waals surface area contributed by atoms with Crippen LogP contribution in [0.15, 0.2) is 55.1 Å². The molecule has 0 saturated heterocycles. The van der Waals surface area contributed by atoms with Crippen LogP contribution in [-0.4, -0.2) is 37.6 Å². The van der Waals surface area contributed by atoms with Crippen molar-refractivity contribution in [3.8, 4) is 5.69 Å². The number of carbonyl (C=O) groups excluding carboxylic acids is 1. The lowest BCUT2D eigenvalue weighted by molar-refractivity contribution is 0.0954. The van der Waals surface area contributed by atoms with Crippen LogP contribution in [0, 0.1) is 0 Å². The molecule has 0 radical (unpaired) electrons. The Hall–Kier alpha value is -3.09. The van der Waals surface area contributed by atoms with E-state index in [-0.39, 0.29) is 5.91 Å². The van der Waals surface area contributed by atoms with E-state index >= 15 is 0 Å². The van der Waals surface area contributed by atoms with Gasteiger partial charge in [0, 0.05) is 24.5 Å². The number of hydrogen-bond acceptors (Lipinski definition) is 5. The summed E-state index contributed by atoms with van der Waals surface area (Å²) in [4.78, 5) is 16.1. The Balaban J connectivity index is 1.56. The minimum atomic E-state index is -0.104. The zero-order chi connectivity index (χ0) is 15.2. The largest absolute Gasteiger partial charge is 0.352 e. The van der Waals surface area contributed by atoms with Gasteiger partial charge in [0.2, 0.25) is 0 Å². The molecule has 0 atom stereocenters. The number of aromatic nitrogens is 5. The van der Waals surface area contributed by atoms with E-state index in [4.69, 9.17) is 0 Å². The highest BCUT2D eigenvalue weighted by Gasteiger charge is 2.06. The standard InChI is InChI=1S/C15H14N6O/c22-15(17-9-7-12-2-1-8-16-10-12)13-3-5-14(6-4-13)21-11-18-19-20-21/h1-6,8,10-11H,7,9H2,(H,17,22). The van der Waals surface area contributed by atoms with E-state index in [1.54, 1.807) is 36.7 Å². The van der Waals surface area contributed by atoms with Gasteiger partial charge in [-0.15, -0.1) is 5.10 Å². The third kappa shape index (κ3) is 3.32. The Kier molecular flexibility index (Phi) is 4.15. The van der Waals surface area contributed by atoms with Gasteiger partial charge in [0.1, 0.15) is 6.33 Å². The fourth-order valence-corrected chi connectivity index (χ4v) is 2.01. The fraction of sp³-hybridized carbons (Fsp3) is 0.133. The summed E-state index contributed by atoms with van der Waals surface area (Å²) in [6.45, 7) is 0.569. The predicted octanol–water partition coefficient (Wildman–Crippen LogP) is 1.03. The molecule has 0 aliphatic heterocycles. The van der Waals surface area contributed by atoms with E-state index < -0.39 is 0 Å². The molecule has 22 heavy (non-hydrogen) atoms. The molecule has 2 aromatic heterocycles. The summed E-state index contributed by atoms with van der Waals surface area (Å²) in [5.74, 6) is -0.104. The Morgan fingerprint density at radius 2 is 2.05 bits per heavy atom. The molecule has 7 heteroatoms. The molecule has 3 rings (SSSR count). The Bertz CT molecular complexity index is 724. The first-order chi connectivity index (χ1) is 10.8. The maximum atomic E-state index is 12.1. The van der Waals surface area contributed by atoms with E-state index in [9.17, 15) is 4.79 Å². The second-order valence-corrected chi connectivity index (χ2v) is 4.67. The minimum absolute atomic E-state index is 0.104. The molecule has 0 spiro atoms. The summed E-state index contributed by atoms with van der Waals surface area (Å²) in [5.41, 5.74) is 2.50. The van der Waals surface area contributed by atoms with Crippen LogP contribution in [0.1, 0.15) is 15.9 Å². The van der Waals surface area contributed by atoms with Gasteiger partial charge in [0.25, 0.3) is 5.91 Å². The van der Waals surface area contributed by atoms with Crippen molar-refractivity contribution in [3.63, 3.8) is 0 Å². The molecule has 0 unspecified atom stereocenters. The molecule has 7 nitrogen and oxygen atoms in total. The molecule has 0 saturated carbocycles. The molecule has 2 heterocycles. The Labute approximate surface area is 127 Å². The van der Waals surface area contributed by atoms with E-state index in [0.717, 1.165) is 17.7 Å². The maximum absolute atomic E-state index is 12.1. The molecule has 3 aromatic rings. The van der Waals surface area contributed by atoms with Crippen LogP contribution in [0.3, 0.4) is 0 Å². The summed E-state index contributed by atoms with van der Waals surface area (Å²) in [6.07, 6.45) is 5.78. The van der Waals surface area contributed by atoms with Crippen molar-refractivity contribution in [2.75, 3.05) is 6.54 Å². The fourth-order valence-electron chi connectivity index (χ4n) is 2.01. The van der Waals surface area contributed by atoms with Crippen molar-refractivity contribution < 1.29 is 4.79 Å². The molecular weight excluding hydrogens is 280 g/mol. The summed E-state index contributed by atoms with van der Waals surface area (Å²) in [5, 5.41) is 13.8. The summed E-state index contributed by atoms with van der Waals surface area (Å²) in [6, 6.07) is 11.0. The van der Waals surface area contributed by atoms with Gasteiger partial charge in [0.15, 0.2) is 0 Å². The SMILES string of the molecule is O=C(NCCc1cccnc1)c1ccc(-n2cnnn2)cc1. The smallest absolute Gasteiger partial charge is 0.251 e. The molecule has 1 N–H and O–H groups in total. The first-order valence-corrected chi connectivity index (χ1v) is 6.83. The van der Waals surface area contributed by atoms with E-state index in [2.05, 4.69) is 25.8 Å². The van der Waals surface area contributed by atoms with E-state index in [0.29, 0.717) is 12.1 Å². The zero-order valence-corrected chi connectivity index (χ0v) is 11.8. The van der Waals surface area contributed by atoms with Gasteiger partial charge in [-0.2, -0.15) is 0 Å². The van der Waals surface area contributed by atoms with Crippen LogP contribution < -0.4 is 5.32 Å². The molecular formula is C15H14N6O. The number of hydrogen-bond donors (Lipinski definition) is 1. The van der Waals surface area contributed by atoms with Crippen LogP contribution in [0.4, 0.5) is 0 Å². The molecule has 0 aliphatic carbocycles. The van der Waals surface area contributed by atoms with Crippen LogP contribution in [0.2, 0.25) is 0 Å². The van der Waals surface area contributed by atoms with Crippen LogP contribution in [0.25, 0.3) is 5.69 Å². The highest BCUT2D eigenvalue weighted by molar-refractivity contribution is 5.94. The average molecular weight is 294 g/mol. The van der Waals surface area contributed by atoms with E-state index in [1.807, 2.05) is 12.1 Å². The normalized spacial score (nSPS) is 10.4. The van der Waals surface area contributed by atoms with Crippen molar-refractivity contribution in [3.05, 3.63) is 66.2 Å². The average Bonchev–Trinajstić information content (AvgIpc) is 3.10. The molecule has 110 valence electrons. The Morgan fingerprint density at radius 1 is 1.18 bits per heavy atom. The predicted molar refractivity (Wildman–Crippen MR) is 79.4 cm³/mol. The van der Waals surface area contributed by atoms with Gasteiger partial charge < -0.3 is 5.32 Å². The number of carbonyl (C=O) groups is 1. The van der Waals surface area contributed by atoms with Gasteiger partial charge >= 0.3 is 0 Å². The number of nitrogens with one attached hydrogen (secondary N) is 1. The lowest BCUT2D eigenvalue weighted by Gasteiger charge is -2.06. The molecule has 0 bridgehead atoms. The highest BCUT2D eigenvalue weighted by atomic mass is 16.1. The van der Waals surface area contributed by atoms with Crippen molar-refractivity contribution >= 4 is 5.91 Å². The quantitative estimate of drug-likeness (QED) is 0.759. The van der Waals surface area contributed by atoms with Gasteiger partial charge in [-0.3, -0.25) is 9.78 Å². The molecule has 1 aromatic carbocycles. The lowest BCUT2D eigenvalue weighted by Crippen LogP contribution is -2.25. The molecule has 0 fully saturated rings. The van der Waals surface area contributed by atoms with Gasteiger partial charge in [0.05, 0.1) is 5.69 Å². The van der Waals surface area contributed by atoms with Crippen molar-refractivity contribution in [2.45, 2.75) is 6.42 Å². The van der Waals surface area contributed by atoms with Crippen LogP contribution in [0.5, 0.6) is 0 Å². The number of rotatable bonds is 5. The summed E-state index contributed by atoms with van der Waals surface area (Å²) in [7, 11) is 0. The zero-order valence-electron chi connectivity index (χ0n) is 11.8. The topological polar surface area (TPSA) is 85.6 Å². The molecule has 0 aliphatic rings. The minimum Gasteiger partial charge on any atom is -0.352 e. The third-order valence-electron chi connectivity index (χ3n) is 3.17. The van der Waals surface area contributed by atoms with Gasteiger partial charge in [-0.25, -0.2) is 4.68 Å². The number of amides is 1. The van der Waals surface area contributed by atoms with E-state index in [1.165, 1.54) is 11.0 Å². The number of pyridine rings is 1. The monoisotopic (exact) mass is 294 g/mol. The molecule has 1 amide bonds. The lowest BCUT2D eigenvalue weighted by atomic mass is 10.2. The van der Waals surface area contributed by atoms with Crippen LogP contribution >= 0.6 is 0 Å². The number of tetrazole rings is 1. The maximum Gasteiger partial charge on any atom is 0.251 e. The van der Waals surface area contributed by atoms with Gasteiger partial charge in [-0.1, -0.05) is 6.07 Å². The van der Waals surface area contributed by atoms with Crippen molar-refractivity contribution in [1.82, 2.24) is 30.5 Å². The number of nitrogens with zero attached hydrogens (tertiary/aromatic N) is 5. The first kappa shape index (κ1) is 13.9. The van der Waals surface area contributed by atoms with Gasteiger partial charge in [-0.05, 0) is 52.7 Å². The second kappa shape index (κ2) is 6.57.